The minimum Gasteiger partial charge on any atom is -0.492 e. The monoisotopic (exact) mass is 467 g/mol. The average Bonchev–Trinajstić information content (AvgIpc) is 3.14. The zero-order valence-corrected chi connectivity index (χ0v) is 21.4. The quantitative estimate of drug-likeness (QED) is 0.615. The van der Waals surface area contributed by atoms with Gasteiger partial charge in [-0.1, -0.05) is 43.6 Å². The molecule has 0 saturated carbocycles. The number of likely N-dealkylation sites (tertiary alicyclic amines) is 1. The Labute approximate surface area is 204 Å². The van der Waals surface area contributed by atoms with Crippen LogP contribution in [0.2, 0.25) is 0 Å². The van der Waals surface area contributed by atoms with Gasteiger partial charge in [0.05, 0.1) is 5.69 Å². The van der Waals surface area contributed by atoms with Crippen molar-refractivity contribution in [3.05, 3.63) is 46.8 Å². The van der Waals surface area contributed by atoms with Crippen LogP contribution >= 0.6 is 0 Å². The highest BCUT2D eigenvalue weighted by Gasteiger charge is 2.38. The van der Waals surface area contributed by atoms with Crippen LogP contribution in [0.15, 0.2) is 28.8 Å². The Hall–Kier alpha value is -2.34. The summed E-state index contributed by atoms with van der Waals surface area (Å²) in [6.07, 6.45) is 6.77. The van der Waals surface area contributed by atoms with E-state index in [4.69, 9.17) is 9.26 Å². The number of ether oxygens (including phenoxy) is 1. The first kappa shape index (κ1) is 24.8. The van der Waals surface area contributed by atoms with Gasteiger partial charge in [0.2, 0.25) is 0 Å². The van der Waals surface area contributed by atoms with Crippen LogP contribution < -0.4 is 4.74 Å². The summed E-state index contributed by atoms with van der Waals surface area (Å²) >= 11 is 0. The summed E-state index contributed by atoms with van der Waals surface area (Å²) in [7, 11) is 0. The number of hydrogen-bond acceptors (Lipinski definition) is 5. The van der Waals surface area contributed by atoms with E-state index in [2.05, 4.69) is 48.2 Å². The third kappa shape index (κ3) is 5.83. The average molecular weight is 468 g/mol. The van der Waals surface area contributed by atoms with Gasteiger partial charge in [-0.2, -0.15) is 0 Å². The van der Waals surface area contributed by atoms with Gasteiger partial charge in [-0.3, -0.25) is 9.69 Å². The smallest absolute Gasteiger partial charge is 0.259 e. The Morgan fingerprint density at radius 1 is 1.09 bits per heavy atom. The largest absolute Gasteiger partial charge is 0.492 e. The molecule has 2 aliphatic heterocycles. The molecule has 1 aromatic heterocycles. The molecular weight excluding hydrogens is 426 g/mol. The third-order valence-electron chi connectivity index (χ3n) is 7.58. The van der Waals surface area contributed by atoms with E-state index in [0.717, 1.165) is 64.3 Å². The minimum absolute atomic E-state index is 0.0725. The fourth-order valence-corrected chi connectivity index (χ4v) is 5.79. The van der Waals surface area contributed by atoms with Gasteiger partial charge in [-0.25, -0.2) is 0 Å². The van der Waals surface area contributed by atoms with Crippen LogP contribution in [-0.4, -0.2) is 60.2 Å². The first-order valence-electron chi connectivity index (χ1n) is 13.0. The Morgan fingerprint density at radius 2 is 1.85 bits per heavy atom. The highest BCUT2D eigenvalue weighted by molar-refractivity contribution is 5.96. The van der Waals surface area contributed by atoms with E-state index in [1.807, 2.05) is 18.7 Å². The van der Waals surface area contributed by atoms with Gasteiger partial charge in [0.15, 0.2) is 0 Å². The van der Waals surface area contributed by atoms with Gasteiger partial charge in [0.1, 0.15) is 23.7 Å². The van der Waals surface area contributed by atoms with Gasteiger partial charge in [0.25, 0.3) is 5.91 Å². The van der Waals surface area contributed by atoms with Gasteiger partial charge in [-0.15, -0.1) is 0 Å². The Morgan fingerprint density at radius 3 is 2.56 bits per heavy atom. The Bertz CT molecular complexity index is 940. The van der Waals surface area contributed by atoms with Crippen LogP contribution in [0.5, 0.6) is 5.75 Å². The molecule has 0 N–H and O–H groups in total. The number of carbonyl (C=O) groups is 1. The van der Waals surface area contributed by atoms with E-state index in [1.54, 1.807) is 0 Å². The lowest BCUT2D eigenvalue weighted by atomic mass is 9.73. The molecule has 6 nitrogen and oxygen atoms in total. The molecule has 3 heterocycles. The number of aromatic nitrogens is 1. The van der Waals surface area contributed by atoms with Crippen molar-refractivity contribution >= 4 is 5.91 Å². The maximum Gasteiger partial charge on any atom is 0.259 e. The number of fused-ring (bicyclic) bond motifs is 1. The molecule has 0 bridgehead atoms. The molecule has 2 aromatic rings. The van der Waals surface area contributed by atoms with Crippen LogP contribution in [0.3, 0.4) is 0 Å². The van der Waals surface area contributed by atoms with Crippen molar-refractivity contribution in [3.63, 3.8) is 0 Å². The van der Waals surface area contributed by atoms with Crippen molar-refractivity contribution in [2.75, 3.05) is 39.3 Å². The van der Waals surface area contributed by atoms with Crippen LogP contribution in [0.1, 0.15) is 73.3 Å². The van der Waals surface area contributed by atoms with E-state index in [9.17, 15) is 4.79 Å². The topological polar surface area (TPSA) is 58.8 Å². The van der Waals surface area contributed by atoms with Crippen molar-refractivity contribution in [1.82, 2.24) is 15.0 Å². The lowest BCUT2D eigenvalue weighted by Crippen LogP contribution is -2.49. The second-order valence-electron chi connectivity index (χ2n) is 10.8. The van der Waals surface area contributed by atoms with E-state index >= 15 is 0 Å². The number of nitrogens with zero attached hydrogens (tertiary/aromatic N) is 3. The maximum atomic E-state index is 13.2. The van der Waals surface area contributed by atoms with E-state index in [0.29, 0.717) is 22.9 Å². The summed E-state index contributed by atoms with van der Waals surface area (Å²) in [5.74, 6) is 2.35. The van der Waals surface area contributed by atoms with E-state index in [1.165, 1.54) is 24.8 Å². The molecule has 0 unspecified atom stereocenters. The number of rotatable bonds is 3. The molecule has 0 aliphatic carbocycles. The Kier molecular flexibility index (Phi) is 7.97. The standard InChI is InChI=1S/C28H41N3O3/c1-21(2)19-30-17-18-33-25-11-6-5-9-24(25)10-7-8-12-28(20-30)13-15-31(16-14-28)27(32)26-22(3)29-34-23(26)4/h5-6,9,11,21H,7-8,10,12-20H2,1-4H3. The summed E-state index contributed by atoms with van der Waals surface area (Å²) in [6, 6.07) is 8.51. The number of carbonyl (C=O) groups excluding carboxylic acids is 1. The van der Waals surface area contributed by atoms with Gasteiger partial charge < -0.3 is 14.2 Å². The highest BCUT2D eigenvalue weighted by atomic mass is 16.5. The molecule has 0 atom stereocenters. The zero-order chi connectivity index (χ0) is 24.1. The first-order valence-corrected chi connectivity index (χ1v) is 13.0. The molecule has 0 radical (unpaired) electrons. The number of piperidine rings is 1. The molecule has 2 aliphatic rings. The maximum absolute atomic E-state index is 13.2. The molecule has 186 valence electrons. The number of hydrogen-bond donors (Lipinski definition) is 0. The van der Waals surface area contributed by atoms with Crippen molar-refractivity contribution in [1.29, 1.82) is 0 Å². The number of amides is 1. The minimum atomic E-state index is 0.0725. The molecule has 1 saturated heterocycles. The van der Waals surface area contributed by atoms with Gasteiger partial charge in [-0.05, 0) is 68.9 Å². The summed E-state index contributed by atoms with van der Waals surface area (Å²) in [5.41, 5.74) is 2.92. The normalized spacial score (nSPS) is 19.9. The molecule has 1 fully saturated rings. The van der Waals surface area contributed by atoms with Crippen LogP contribution in [0.4, 0.5) is 0 Å². The van der Waals surface area contributed by atoms with Gasteiger partial charge in [0, 0.05) is 32.7 Å². The summed E-state index contributed by atoms with van der Waals surface area (Å²) < 4.78 is 11.5. The molecule has 6 heteroatoms. The van der Waals surface area contributed by atoms with Crippen molar-refractivity contribution in [2.45, 2.75) is 66.2 Å². The van der Waals surface area contributed by atoms with Crippen molar-refractivity contribution in [2.24, 2.45) is 11.3 Å². The lowest BCUT2D eigenvalue weighted by Gasteiger charge is -2.45. The second-order valence-corrected chi connectivity index (χ2v) is 10.8. The van der Waals surface area contributed by atoms with E-state index in [-0.39, 0.29) is 11.3 Å². The fourth-order valence-electron chi connectivity index (χ4n) is 5.79. The Balaban J connectivity index is 1.48. The van der Waals surface area contributed by atoms with Crippen LogP contribution in [0, 0.1) is 25.2 Å². The number of benzene rings is 1. The summed E-state index contributed by atoms with van der Waals surface area (Å²) in [5, 5.41) is 3.99. The summed E-state index contributed by atoms with van der Waals surface area (Å²) in [6.45, 7) is 13.7. The van der Waals surface area contributed by atoms with Crippen molar-refractivity contribution in [3.8, 4) is 5.75 Å². The number of para-hydroxylation sites is 1. The lowest BCUT2D eigenvalue weighted by molar-refractivity contribution is 0.0353. The van der Waals surface area contributed by atoms with Gasteiger partial charge >= 0.3 is 0 Å². The molecule has 34 heavy (non-hydrogen) atoms. The predicted molar refractivity (Wildman–Crippen MR) is 134 cm³/mol. The van der Waals surface area contributed by atoms with Crippen LogP contribution in [0.25, 0.3) is 0 Å². The molecule has 1 aromatic carbocycles. The zero-order valence-electron chi connectivity index (χ0n) is 21.4. The first-order chi connectivity index (χ1) is 16.4. The molecule has 1 spiro atoms. The SMILES string of the molecule is Cc1noc(C)c1C(=O)N1CCC2(CCCCc3ccccc3OCCN(CC(C)C)C2)CC1. The third-order valence-corrected chi connectivity index (χ3v) is 7.58. The second kappa shape index (κ2) is 10.9. The highest BCUT2D eigenvalue weighted by Crippen LogP contribution is 2.39. The van der Waals surface area contributed by atoms with E-state index < -0.39 is 0 Å². The molecule has 4 rings (SSSR count). The summed E-state index contributed by atoms with van der Waals surface area (Å²) in [4.78, 5) is 17.8. The number of aryl methyl sites for hydroxylation is 3. The molecular formula is C28H41N3O3. The van der Waals surface area contributed by atoms with Crippen molar-refractivity contribution < 1.29 is 14.1 Å². The molecule has 1 amide bonds. The van der Waals surface area contributed by atoms with Crippen LogP contribution in [-0.2, 0) is 6.42 Å². The fraction of sp³-hybridized carbons (Fsp3) is 0.643. The predicted octanol–water partition coefficient (Wildman–Crippen LogP) is 5.28.